The summed E-state index contributed by atoms with van der Waals surface area (Å²) in [7, 11) is 0. The molecule has 2 amide bonds. The van der Waals surface area contributed by atoms with E-state index in [1.54, 1.807) is 0 Å². The van der Waals surface area contributed by atoms with Crippen LogP contribution < -0.4 is 17.0 Å². The van der Waals surface area contributed by atoms with E-state index in [-0.39, 0.29) is 23.4 Å². The minimum Gasteiger partial charge on any atom is -0.477 e. The number of aliphatic hydroxyl groups is 1. The first-order chi connectivity index (χ1) is 10.8. The molecule has 0 aromatic heterocycles. The molecular formula is C13H20N4O5S. The van der Waals surface area contributed by atoms with Gasteiger partial charge in [-0.2, -0.15) is 11.8 Å². The van der Waals surface area contributed by atoms with Gasteiger partial charge in [-0.15, -0.1) is 0 Å². The SMILES string of the molecule is CC(O)C1C(=O)N2C(C(=O)O)=C(CSCC(N)C(=O)NN)CC12. The second kappa shape index (κ2) is 6.87. The molecule has 0 spiro atoms. The van der Waals surface area contributed by atoms with Crippen molar-refractivity contribution in [3.05, 3.63) is 11.3 Å². The van der Waals surface area contributed by atoms with Crippen molar-refractivity contribution in [3.63, 3.8) is 0 Å². The standard InChI is InChI=1S/C13H20N4O5S/c1-5(18)9-8-2-6(3-23-4-7(14)11(19)16-15)10(13(21)22)17(8)12(9)20/h5,7-9,18H,2-4,14-15H2,1H3,(H,16,19)(H,21,22). The van der Waals surface area contributed by atoms with Gasteiger partial charge in [0.1, 0.15) is 5.70 Å². The Morgan fingerprint density at radius 3 is 2.70 bits per heavy atom. The highest BCUT2D eigenvalue weighted by Gasteiger charge is 2.56. The van der Waals surface area contributed by atoms with Gasteiger partial charge in [0.05, 0.1) is 24.1 Å². The first-order valence-corrected chi connectivity index (χ1v) is 8.25. The van der Waals surface area contributed by atoms with E-state index >= 15 is 0 Å². The normalized spacial score (nSPS) is 25.7. The lowest BCUT2D eigenvalue weighted by Gasteiger charge is -2.44. The molecule has 128 valence electrons. The van der Waals surface area contributed by atoms with Crippen molar-refractivity contribution in [2.75, 3.05) is 11.5 Å². The van der Waals surface area contributed by atoms with Crippen molar-refractivity contribution >= 4 is 29.5 Å². The lowest BCUT2D eigenvalue weighted by molar-refractivity contribution is -0.161. The Hall–Kier alpha value is -1.62. The molecule has 10 heteroatoms. The van der Waals surface area contributed by atoms with Gasteiger partial charge in [-0.1, -0.05) is 0 Å². The molecular weight excluding hydrogens is 324 g/mol. The Kier molecular flexibility index (Phi) is 5.30. The molecule has 23 heavy (non-hydrogen) atoms. The zero-order valence-electron chi connectivity index (χ0n) is 12.6. The van der Waals surface area contributed by atoms with Gasteiger partial charge in [0.2, 0.25) is 5.91 Å². The number of rotatable bonds is 7. The zero-order chi connectivity index (χ0) is 17.3. The van der Waals surface area contributed by atoms with Crippen molar-refractivity contribution in [2.45, 2.75) is 31.5 Å². The van der Waals surface area contributed by atoms with Crippen LogP contribution in [0.3, 0.4) is 0 Å². The Balaban J connectivity index is 2.02. The number of carbonyl (C=O) groups excluding carboxylic acids is 2. The number of β-lactam (4-membered cyclic amide) rings is 1. The monoisotopic (exact) mass is 344 g/mol. The van der Waals surface area contributed by atoms with Crippen LogP contribution in [0.2, 0.25) is 0 Å². The summed E-state index contributed by atoms with van der Waals surface area (Å²) in [5.41, 5.74) is 8.17. The fourth-order valence-electron chi connectivity index (χ4n) is 2.98. The van der Waals surface area contributed by atoms with Gasteiger partial charge in [0, 0.05) is 11.5 Å². The van der Waals surface area contributed by atoms with E-state index in [0.717, 1.165) is 0 Å². The summed E-state index contributed by atoms with van der Waals surface area (Å²) in [6.45, 7) is 1.53. The number of nitrogens with two attached hydrogens (primary N) is 2. The summed E-state index contributed by atoms with van der Waals surface area (Å²) in [5.74, 6) is 3.04. The highest BCUT2D eigenvalue weighted by molar-refractivity contribution is 7.99. The molecule has 0 saturated carbocycles. The number of carboxylic acids is 1. The highest BCUT2D eigenvalue weighted by atomic mass is 32.2. The Bertz CT molecular complexity index is 565. The summed E-state index contributed by atoms with van der Waals surface area (Å²) >= 11 is 1.30. The van der Waals surface area contributed by atoms with Crippen LogP contribution in [0.1, 0.15) is 13.3 Å². The summed E-state index contributed by atoms with van der Waals surface area (Å²) in [4.78, 5) is 36.0. The Labute approximate surface area is 137 Å². The largest absolute Gasteiger partial charge is 0.477 e. The van der Waals surface area contributed by atoms with Crippen molar-refractivity contribution in [1.82, 2.24) is 10.3 Å². The number of hydrazine groups is 1. The van der Waals surface area contributed by atoms with Crippen LogP contribution in [0.15, 0.2) is 11.3 Å². The predicted molar refractivity (Wildman–Crippen MR) is 82.7 cm³/mol. The molecule has 1 saturated heterocycles. The number of fused-ring (bicyclic) bond motifs is 1. The summed E-state index contributed by atoms with van der Waals surface area (Å²) in [5, 5.41) is 19.0. The Morgan fingerprint density at radius 1 is 1.52 bits per heavy atom. The van der Waals surface area contributed by atoms with Crippen molar-refractivity contribution in [3.8, 4) is 0 Å². The van der Waals surface area contributed by atoms with Gasteiger partial charge in [-0.25, -0.2) is 10.6 Å². The van der Waals surface area contributed by atoms with Gasteiger partial charge >= 0.3 is 5.97 Å². The number of carbonyl (C=O) groups is 3. The van der Waals surface area contributed by atoms with E-state index in [1.807, 2.05) is 5.43 Å². The molecule has 0 aliphatic carbocycles. The first kappa shape index (κ1) is 17.7. The van der Waals surface area contributed by atoms with Crippen molar-refractivity contribution in [2.24, 2.45) is 17.5 Å². The second-order valence-electron chi connectivity index (χ2n) is 5.63. The topological polar surface area (TPSA) is 159 Å². The molecule has 0 radical (unpaired) electrons. The first-order valence-electron chi connectivity index (χ1n) is 7.09. The smallest absolute Gasteiger partial charge is 0.352 e. The van der Waals surface area contributed by atoms with Crippen LogP contribution in [0, 0.1) is 5.92 Å². The molecule has 7 N–H and O–H groups in total. The average Bonchev–Trinajstić information content (AvgIpc) is 2.80. The van der Waals surface area contributed by atoms with E-state index < -0.39 is 29.9 Å². The number of nitrogens with zero attached hydrogens (tertiary/aromatic N) is 1. The average molecular weight is 344 g/mol. The van der Waals surface area contributed by atoms with Gasteiger partial charge in [0.15, 0.2) is 0 Å². The minimum atomic E-state index is -1.16. The third-order valence-electron chi connectivity index (χ3n) is 4.08. The summed E-state index contributed by atoms with van der Waals surface area (Å²) in [6, 6.07) is -1.09. The number of aliphatic carboxylic acids is 1. The van der Waals surface area contributed by atoms with Crippen molar-refractivity contribution in [1.29, 1.82) is 0 Å². The molecule has 2 rings (SSSR count). The van der Waals surface area contributed by atoms with Crippen LogP contribution in [0.4, 0.5) is 0 Å². The third-order valence-corrected chi connectivity index (χ3v) is 5.22. The lowest BCUT2D eigenvalue weighted by Crippen LogP contribution is -2.61. The molecule has 4 unspecified atom stereocenters. The maximum atomic E-state index is 12.0. The van der Waals surface area contributed by atoms with Crippen LogP contribution in [0.5, 0.6) is 0 Å². The van der Waals surface area contributed by atoms with Gasteiger partial charge in [-0.3, -0.25) is 15.0 Å². The number of amides is 2. The predicted octanol–water partition coefficient (Wildman–Crippen LogP) is -2.01. The van der Waals surface area contributed by atoms with Gasteiger partial charge in [-0.05, 0) is 18.9 Å². The number of thioether (sulfide) groups is 1. The van der Waals surface area contributed by atoms with E-state index in [4.69, 9.17) is 11.6 Å². The summed E-state index contributed by atoms with van der Waals surface area (Å²) in [6.07, 6.45) is -0.402. The maximum absolute atomic E-state index is 12.0. The number of hydrogen-bond donors (Lipinski definition) is 5. The molecule has 0 aromatic carbocycles. The number of aliphatic hydroxyl groups excluding tert-OH is 1. The number of hydrogen-bond acceptors (Lipinski definition) is 7. The van der Waals surface area contributed by atoms with Crippen LogP contribution in [-0.2, 0) is 14.4 Å². The molecule has 4 atom stereocenters. The fourth-order valence-corrected chi connectivity index (χ4v) is 4.01. The van der Waals surface area contributed by atoms with E-state index in [9.17, 15) is 24.6 Å². The lowest BCUT2D eigenvalue weighted by atomic mass is 9.83. The molecule has 0 aromatic rings. The van der Waals surface area contributed by atoms with Crippen LogP contribution >= 0.6 is 11.8 Å². The van der Waals surface area contributed by atoms with Crippen LogP contribution in [-0.4, -0.2) is 62.6 Å². The molecule has 2 aliphatic rings. The van der Waals surface area contributed by atoms with E-state index in [1.165, 1.54) is 23.6 Å². The molecule has 2 heterocycles. The molecule has 2 aliphatic heterocycles. The number of nitrogens with one attached hydrogen (secondary N) is 1. The maximum Gasteiger partial charge on any atom is 0.352 e. The van der Waals surface area contributed by atoms with E-state index in [2.05, 4.69) is 0 Å². The van der Waals surface area contributed by atoms with Crippen molar-refractivity contribution < 1.29 is 24.6 Å². The molecule has 0 bridgehead atoms. The Morgan fingerprint density at radius 2 is 2.17 bits per heavy atom. The van der Waals surface area contributed by atoms with Crippen LogP contribution in [0.25, 0.3) is 0 Å². The molecule has 9 nitrogen and oxygen atoms in total. The second-order valence-corrected chi connectivity index (χ2v) is 6.66. The minimum absolute atomic E-state index is 0.0127. The van der Waals surface area contributed by atoms with Gasteiger partial charge in [0.25, 0.3) is 5.91 Å². The molecule has 1 fully saturated rings. The quantitative estimate of drug-likeness (QED) is 0.153. The fraction of sp³-hybridized carbons (Fsp3) is 0.615. The third kappa shape index (κ3) is 3.20. The van der Waals surface area contributed by atoms with Gasteiger partial charge < -0.3 is 20.8 Å². The zero-order valence-corrected chi connectivity index (χ0v) is 13.4. The summed E-state index contributed by atoms with van der Waals surface area (Å²) < 4.78 is 0. The highest BCUT2D eigenvalue weighted by Crippen LogP contribution is 2.44. The number of carboxylic acid groups (broad SMARTS) is 1. The van der Waals surface area contributed by atoms with E-state index in [0.29, 0.717) is 17.7 Å².